The van der Waals surface area contributed by atoms with Gasteiger partial charge in [-0.3, -0.25) is 5.10 Å². The summed E-state index contributed by atoms with van der Waals surface area (Å²) in [5.41, 5.74) is 2.12. The van der Waals surface area contributed by atoms with E-state index in [4.69, 9.17) is 0 Å². The number of hydrogen-bond acceptors (Lipinski definition) is 4. The van der Waals surface area contributed by atoms with Crippen molar-refractivity contribution in [3.63, 3.8) is 0 Å². The van der Waals surface area contributed by atoms with Crippen LogP contribution in [0.15, 0.2) is 30.9 Å². The summed E-state index contributed by atoms with van der Waals surface area (Å²) in [5.74, 6) is 0.841. The van der Waals surface area contributed by atoms with Gasteiger partial charge >= 0.3 is 0 Å². The standard InChI is InChI=1S/C12H14N6/c1-8(11-16-7-17-18-11)14-5-9-6-15-12-10(9)3-2-4-13-12/h2-4,6-8,14H,5H2,1H3,(H,13,15)(H,16,17,18). The number of rotatable bonds is 4. The van der Waals surface area contributed by atoms with Crippen LogP contribution in [0.3, 0.4) is 0 Å². The van der Waals surface area contributed by atoms with E-state index < -0.39 is 0 Å². The van der Waals surface area contributed by atoms with Crippen molar-refractivity contribution in [1.82, 2.24) is 30.5 Å². The fourth-order valence-corrected chi connectivity index (χ4v) is 1.94. The third-order valence-electron chi connectivity index (χ3n) is 2.98. The molecular formula is C12H14N6. The maximum atomic E-state index is 4.27. The van der Waals surface area contributed by atoms with E-state index in [1.165, 1.54) is 11.9 Å². The van der Waals surface area contributed by atoms with Gasteiger partial charge in [0.05, 0.1) is 6.04 Å². The summed E-state index contributed by atoms with van der Waals surface area (Å²) in [5, 5.41) is 11.3. The number of aromatic amines is 2. The molecule has 0 aromatic carbocycles. The van der Waals surface area contributed by atoms with Crippen LogP contribution in [0.2, 0.25) is 0 Å². The van der Waals surface area contributed by atoms with Crippen LogP contribution in [0.1, 0.15) is 24.4 Å². The fraction of sp³-hybridized carbons (Fsp3) is 0.250. The third-order valence-corrected chi connectivity index (χ3v) is 2.98. The summed E-state index contributed by atoms with van der Waals surface area (Å²) in [7, 11) is 0. The van der Waals surface area contributed by atoms with E-state index in [1.807, 2.05) is 19.2 Å². The highest BCUT2D eigenvalue weighted by atomic mass is 15.2. The lowest BCUT2D eigenvalue weighted by Crippen LogP contribution is -2.19. The van der Waals surface area contributed by atoms with Gasteiger partial charge in [0.1, 0.15) is 17.8 Å². The summed E-state index contributed by atoms with van der Waals surface area (Å²) in [6.07, 6.45) is 5.29. The van der Waals surface area contributed by atoms with Gasteiger partial charge in [-0.2, -0.15) is 5.10 Å². The molecule has 0 bridgehead atoms. The molecule has 18 heavy (non-hydrogen) atoms. The molecule has 3 heterocycles. The van der Waals surface area contributed by atoms with Gasteiger partial charge in [-0.05, 0) is 24.6 Å². The van der Waals surface area contributed by atoms with Gasteiger partial charge in [0, 0.05) is 24.3 Å². The van der Waals surface area contributed by atoms with Gasteiger partial charge in [0.15, 0.2) is 0 Å². The molecule has 0 aliphatic heterocycles. The quantitative estimate of drug-likeness (QED) is 0.648. The van der Waals surface area contributed by atoms with Gasteiger partial charge in [0.2, 0.25) is 0 Å². The van der Waals surface area contributed by atoms with E-state index in [1.54, 1.807) is 6.20 Å². The van der Waals surface area contributed by atoms with E-state index in [0.717, 1.165) is 23.4 Å². The molecule has 0 aliphatic rings. The summed E-state index contributed by atoms with van der Waals surface area (Å²) in [6, 6.07) is 4.14. The smallest absolute Gasteiger partial charge is 0.141 e. The Kier molecular flexibility index (Phi) is 2.77. The predicted molar refractivity (Wildman–Crippen MR) is 67.7 cm³/mol. The van der Waals surface area contributed by atoms with Gasteiger partial charge in [-0.15, -0.1) is 0 Å². The summed E-state index contributed by atoms with van der Waals surface area (Å²) in [4.78, 5) is 11.6. The largest absolute Gasteiger partial charge is 0.346 e. The molecule has 3 aromatic rings. The Hall–Kier alpha value is -2.21. The molecule has 0 spiro atoms. The first-order valence-corrected chi connectivity index (χ1v) is 5.84. The molecule has 0 radical (unpaired) electrons. The highest BCUT2D eigenvalue weighted by molar-refractivity contribution is 5.79. The molecule has 0 aliphatic carbocycles. The molecule has 92 valence electrons. The number of nitrogens with zero attached hydrogens (tertiary/aromatic N) is 3. The number of fused-ring (bicyclic) bond motifs is 1. The van der Waals surface area contributed by atoms with Crippen LogP contribution in [0.5, 0.6) is 0 Å². The number of aromatic nitrogens is 5. The molecule has 0 fully saturated rings. The van der Waals surface area contributed by atoms with Crippen molar-refractivity contribution in [2.75, 3.05) is 0 Å². The van der Waals surface area contributed by atoms with Crippen molar-refractivity contribution in [1.29, 1.82) is 0 Å². The SMILES string of the molecule is CC(NCc1c[nH]c2ncccc12)c1ncn[nH]1. The van der Waals surface area contributed by atoms with Gasteiger partial charge in [-0.1, -0.05) is 0 Å². The number of H-pyrrole nitrogens is 2. The minimum absolute atomic E-state index is 0.133. The van der Waals surface area contributed by atoms with Crippen molar-refractivity contribution >= 4 is 11.0 Å². The minimum atomic E-state index is 0.133. The Bertz CT molecular complexity index is 627. The molecular weight excluding hydrogens is 228 g/mol. The van der Waals surface area contributed by atoms with Crippen LogP contribution in [0.25, 0.3) is 11.0 Å². The first-order chi connectivity index (χ1) is 8.84. The van der Waals surface area contributed by atoms with Crippen molar-refractivity contribution in [2.24, 2.45) is 0 Å². The Morgan fingerprint density at radius 2 is 2.33 bits per heavy atom. The van der Waals surface area contributed by atoms with Crippen molar-refractivity contribution in [3.05, 3.63) is 42.2 Å². The predicted octanol–water partition coefficient (Wildman–Crippen LogP) is 1.53. The first kappa shape index (κ1) is 10.9. The van der Waals surface area contributed by atoms with Crippen molar-refractivity contribution in [2.45, 2.75) is 19.5 Å². The summed E-state index contributed by atoms with van der Waals surface area (Å²) >= 11 is 0. The van der Waals surface area contributed by atoms with Crippen LogP contribution in [0, 0.1) is 0 Å². The fourth-order valence-electron chi connectivity index (χ4n) is 1.94. The number of pyridine rings is 1. The highest BCUT2D eigenvalue weighted by Gasteiger charge is 2.09. The number of nitrogens with one attached hydrogen (secondary N) is 3. The second-order valence-corrected chi connectivity index (χ2v) is 4.19. The average molecular weight is 242 g/mol. The Morgan fingerprint density at radius 1 is 1.39 bits per heavy atom. The second kappa shape index (κ2) is 4.58. The van der Waals surface area contributed by atoms with Crippen molar-refractivity contribution < 1.29 is 0 Å². The lowest BCUT2D eigenvalue weighted by Gasteiger charge is -2.09. The Balaban J connectivity index is 1.73. The molecule has 6 nitrogen and oxygen atoms in total. The van der Waals surface area contributed by atoms with E-state index in [-0.39, 0.29) is 6.04 Å². The average Bonchev–Trinajstić information content (AvgIpc) is 3.06. The van der Waals surface area contributed by atoms with Gasteiger partial charge in [-0.25, -0.2) is 9.97 Å². The lowest BCUT2D eigenvalue weighted by atomic mass is 10.2. The maximum absolute atomic E-state index is 4.27. The van der Waals surface area contributed by atoms with Gasteiger partial charge < -0.3 is 10.3 Å². The molecule has 0 saturated heterocycles. The summed E-state index contributed by atoms with van der Waals surface area (Å²) < 4.78 is 0. The minimum Gasteiger partial charge on any atom is -0.346 e. The molecule has 0 amide bonds. The van der Waals surface area contributed by atoms with Crippen LogP contribution < -0.4 is 5.32 Å². The van der Waals surface area contributed by atoms with E-state index >= 15 is 0 Å². The highest BCUT2D eigenvalue weighted by Crippen LogP contribution is 2.16. The van der Waals surface area contributed by atoms with Crippen LogP contribution in [-0.2, 0) is 6.54 Å². The molecule has 6 heteroatoms. The first-order valence-electron chi connectivity index (χ1n) is 5.84. The zero-order valence-corrected chi connectivity index (χ0v) is 10.0. The maximum Gasteiger partial charge on any atom is 0.141 e. The van der Waals surface area contributed by atoms with Crippen LogP contribution in [-0.4, -0.2) is 25.1 Å². The van der Waals surface area contributed by atoms with Crippen LogP contribution in [0.4, 0.5) is 0 Å². The molecule has 3 N–H and O–H groups in total. The molecule has 3 rings (SSSR count). The summed E-state index contributed by atoms with van der Waals surface area (Å²) in [6.45, 7) is 2.81. The molecule has 1 unspecified atom stereocenters. The monoisotopic (exact) mass is 242 g/mol. The number of hydrogen-bond donors (Lipinski definition) is 3. The van der Waals surface area contributed by atoms with Crippen LogP contribution >= 0.6 is 0 Å². The van der Waals surface area contributed by atoms with E-state index in [2.05, 4.69) is 36.5 Å². The van der Waals surface area contributed by atoms with Gasteiger partial charge in [0.25, 0.3) is 0 Å². The Morgan fingerprint density at radius 3 is 3.17 bits per heavy atom. The molecule has 3 aromatic heterocycles. The van der Waals surface area contributed by atoms with E-state index in [9.17, 15) is 0 Å². The zero-order chi connectivity index (χ0) is 12.4. The normalized spacial score (nSPS) is 12.9. The Labute approximate surface area is 104 Å². The topological polar surface area (TPSA) is 82.3 Å². The molecule has 1 atom stereocenters. The zero-order valence-electron chi connectivity index (χ0n) is 10.0. The molecule has 0 saturated carbocycles. The van der Waals surface area contributed by atoms with E-state index in [0.29, 0.717) is 0 Å². The van der Waals surface area contributed by atoms with Crippen molar-refractivity contribution in [3.8, 4) is 0 Å². The third kappa shape index (κ3) is 1.98. The lowest BCUT2D eigenvalue weighted by molar-refractivity contribution is 0.549. The second-order valence-electron chi connectivity index (χ2n) is 4.19.